The first-order valence-electron chi connectivity index (χ1n) is 9.51. The zero-order valence-electron chi connectivity index (χ0n) is 16.6. The zero-order valence-corrected chi connectivity index (χ0v) is 16.6. The Morgan fingerprint density at radius 3 is 2.68 bits per heavy atom. The van der Waals surface area contributed by atoms with Crippen LogP contribution in [0.25, 0.3) is 5.78 Å². The Morgan fingerprint density at radius 1 is 1.11 bits per heavy atom. The van der Waals surface area contributed by atoms with Gasteiger partial charge in [0.15, 0.2) is 0 Å². The van der Waals surface area contributed by atoms with Gasteiger partial charge in [0.1, 0.15) is 17.9 Å². The van der Waals surface area contributed by atoms with E-state index < -0.39 is 0 Å². The van der Waals surface area contributed by atoms with Gasteiger partial charge in [0, 0.05) is 45.4 Å². The summed E-state index contributed by atoms with van der Waals surface area (Å²) in [6, 6.07) is 10.7. The van der Waals surface area contributed by atoms with Gasteiger partial charge in [-0.3, -0.25) is 4.90 Å². The van der Waals surface area contributed by atoms with Crippen LogP contribution in [0.1, 0.15) is 24.2 Å². The van der Waals surface area contributed by atoms with Crippen molar-refractivity contribution in [3.63, 3.8) is 0 Å². The molecule has 2 aromatic heterocycles. The molecule has 0 spiro atoms. The molecule has 0 N–H and O–H groups in total. The molecule has 1 aliphatic rings. The number of hydrogen-bond acceptors (Lipinski definition) is 7. The van der Waals surface area contributed by atoms with E-state index in [1.165, 1.54) is 5.56 Å². The van der Waals surface area contributed by atoms with E-state index in [0.29, 0.717) is 18.4 Å². The minimum atomic E-state index is 0.338. The van der Waals surface area contributed by atoms with Crippen molar-refractivity contribution in [1.82, 2.24) is 24.5 Å². The summed E-state index contributed by atoms with van der Waals surface area (Å²) < 4.78 is 12.4. The molecule has 0 bridgehead atoms. The summed E-state index contributed by atoms with van der Waals surface area (Å²) in [6.07, 6.45) is 1.55. The van der Waals surface area contributed by atoms with Gasteiger partial charge >= 0.3 is 0 Å². The number of aromatic nitrogens is 4. The SMILES string of the molecule is COCc1cc(N2CCN(C(C)c3cccc(OC)c3)CC2)n2ncnc2n1. The highest BCUT2D eigenvalue weighted by Gasteiger charge is 2.24. The first-order valence-corrected chi connectivity index (χ1v) is 9.51. The van der Waals surface area contributed by atoms with Gasteiger partial charge in [-0.05, 0) is 24.6 Å². The van der Waals surface area contributed by atoms with Crippen molar-refractivity contribution in [2.75, 3.05) is 45.3 Å². The van der Waals surface area contributed by atoms with Crippen molar-refractivity contribution >= 4 is 11.6 Å². The number of benzene rings is 1. The van der Waals surface area contributed by atoms with E-state index in [-0.39, 0.29) is 0 Å². The number of nitrogens with zero attached hydrogens (tertiary/aromatic N) is 6. The molecule has 148 valence electrons. The van der Waals surface area contributed by atoms with Crippen molar-refractivity contribution in [2.24, 2.45) is 0 Å². The van der Waals surface area contributed by atoms with E-state index in [9.17, 15) is 0 Å². The maximum atomic E-state index is 5.37. The molecule has 8 nitrogen and oxygen atoms in total. The summed E-state index contributed by atoms with van der Waals surface area (Å²) in [4.78, 5) is 13.6. The van der Waals surface area contributed by atoms with Gasteiger partial charge in [0.05, 0.1) is 19.4 Å². The lowest BCUT2D eigenvalue weighted by molar-refractivity contribution is 0.181. The monoisotopic (exact) mass is 382 g/mol. The lowest BCUT2D eigenvalue weighted by atomic mass is 10.1. The average Bonchev–Trinajstić information content (AvgIpc) is 3.22. The second-order valence-corrected chi connectivity index (χ2v) is 6.99. The Bertz CT molecular complexity index is 935. The van der Waals surface area contributed by atoms with Crippen molar-refractivity contribution in [2.45, 2.75) is 19.6 Å². The third kappa shape index (κ3) is 3.65. The van der Waals surface area contributed by atoms with Crippen LogP contribution in [0.15, 0.2) is 36.7 Å². The van der Waals surface area contributed by atoms with Crippen LogP contribution in [0.4, 0.5) is 5.82 Å². The van der Waals surface area contributed by atoms with Crippen molar-refractivity contribution < 1.29 is 9.47 Å². The van der Waals surface area contributed by atoms with Gasteiger partial charge in [0.2, 0.25) is 0 Å². The highest BCUT2D eigenvalue weighted by Crippen LogP contribution is 2.26. The molecule has 3 heterocycles. The van der Waals surface area contributed by atoms with Crippen LogP contribution in [0.5, 0.6) is 5.75 Å². The van der Waals surface area contributed by atoms with E-state index in [0.717, 1.165) is 43.4 Å². The molecule has 1 unspecified atom stereocenters. The second kappa shape index (κ2) is 8.12. The first kappa shape index (κ1) is 18.6. The molecule has 4 rings (SSSR count). The standard InChI is InChI=1S/C20H26N6O2/c1-15(16-5-4-6-18(11-16)28-3)24-7-9-25(10-8-24)19-12-17(13-27-2)23-20-21-14-22-26(19)20/h4-6,11-12,14-15H,7-10,13H2,1-3H3. The fraction of sp³-hybridized carbons (Fsp3) is 0.450. The maximum absolute atomic E-state index is 5.37. The van der Waals surface area contributed by atoms with Gasteiger partial charge in [-0.1, -0.05) is 12.1 Å². The van der Waals surface area contributed by atoms with E-state index in [2.05, 4.69) is 50.0 Å². The van der Waals surface area contributed by atoms with E-state index in [1.54, 1.807) is 25.1 Å². The highest BCUT2D eigenvalue weighted by molar-refractivity contribution is 5.47. The molecule has 8 heteroatoms. The molecule has 0 amide bonds. The van der Waals surface area contributed by atoms with Crippen LogP contribution < -0.4 is 9.64 Å². The number of piperazine rings is 1. The number of hydrogen-bond donors (Lipinski definition) is 0. The molecule has 1 fully saturated rings. The smallest absolute Gasteiger partial charge is 0.254 e. The van der Waals surface area contributed by atoms with E-state index in [4.69, 9.17) is 9.47 Å². The number of fused-ring (bicyclic) bond motifs is 1. The average molecular weight is 382 g/mol. The highest BCUT2D eigenvalue weighted by atomic mass is 16.5. The van der Waals surface area contributed by atoms with E-state index >= 15 is 0 Å². The summed E-state index contributed by atoms with van der Waals surface area (Å²) >= 11 is 0. The molecule has 1 saturated heterocycles. The van der Waals surface area contributed by atoms with Crippen LogP contribution in [-0.4, -0.2) is 64.9 Å². The fourth-order valence-electron chi connectivity index (χ4n) is 3.74. The third-order valence-electron chi connectivity index (χ3n) is 5.34. The number of anilines is 1. The van der Waals surface area contributed by atoms with Crippen LogP contribution in [0, 0.1) is 0 Å². The fourth-order valence-corrected chi connectivity index (χ4v) is 3.74. The third-order valence-corrected chi connectivity index (χ3v) is 5.34. The summed E-state index contributed by atoms with van der Waals surface area (Å²) in [5.74, 6) is 2.53. The molecule has 0 saturated carbocycles. The topological polar surface area (TPSA) is 68.0 Å². The minimum absolute atomic E-state index is 0.338. The number of rotatable bonds is 6. The van der Waals surface area contributed by atoms with Gasteiger partial charge < -0.3 is 14.4 Å². The van der Waals surface area contributed by atoms with Crippen molar-refractivity contribution in [3.05, 3.63) is 47.9 Å². The molecule has 28 heavy (non-hydrogen) atoms. The van der Waals surface area contributed by atoms with E-state index in [1.807, 2.05) is 12.1 Å². The van der Waals surface area contributed by atoms with Crippen molar-refractivity contribution in [3.8, 4) is 5.75 Å². The summed E-state index contributed by atoms with van der Waals surface area (Å²) in [7, 11) is 3.38. The summed E-state index contributed by atoms with van der Waals surface area (Å²) in [5, 5.41) is 4.35. The zero-order chi connectivity index (χ0) is 19.5. The predicted molar refractivity (Wildman–Crippen MR) is 107 cm³/mol. The summed E-state index contributed by atoms with van der Waals surface area (Å²) in [5.41, 5.74) is 2.14. The molecule has 1 aliphatic heterocycles. The second-order valence-electron chi connectivity index (χ2n) is 6.99. The molecule has 0 aliphatic carbocycles. The normalized spacial score (nSPS) is 16.5. The Morgan fingerprint density at radius 2 is 1.93 bits per heavy atom. The first-order chi connectivity index (χ1) is 13.7. The lowest BCUT2D eigenvalue weighted by Crippen LogP contribution is -2.47. The van der Waals surface area contributed by atoms with Crippen LogP contribution >= 0.6 is 0 Å². The molecular formula is C20H26N6O2. The number of methoxy groups -OCH3 is 2. The quantitative estimate of drug-likeness (QED) is 0.647. The maximum Gasteiger partial charge on any atom is 0.254 e. The summed E-state index contributed by atoms with van der Waals surface area (Å²) in [6.45, 7) is 6.48. The Hall–Kier alpha value is -2.71. The minimum Gasteiger partial charge on any atom is -0.497 e. The largest absolute Gasteiger partial charge is 0.497 e. The number of ether oxygens (including phenoxy) is 2. The Labute approximate surface area is 164 Å². The van der Waals surface area contributed by atoms with Crippen LogP contribution in [-0.2, 0) is 11.3 Å². The molecule has 1 aromatic carbocycles. The molecular weight excluding hydrogens is 356 g/mol. The van der Waals surface area contributed by atoms with Crippen molar-refractivity contribution in [1.29, 1.82) is 0 Å². The van der Waals surface area contributed by atoms with Gasteiger partial charge in [-0.15, -0.1) is 0 Å². The predicted octanol–water partition coefficient (Wildman–Crippen LogP) is 2.16. The lowest BCUT2D eigenvalue weighted by Gasteiger charge is -2.39. The molecule has 3 aromatic rings. The van der Waals surface area contributed by atoms with Crippen LogP contribution in [0.2, 0.25) is 0 Å². The van der Waals surface area contributed by atoms with Gasteiger partial charge in [-0.25, -0.2) is 4.98 Å². The molecule has 0 radical (unpaired) electrons. The van der Waals surface area contributed by atoms with Crippen LogP contribution in [0.3, 0.4) is 0 Å². The molecule has 1 atom stereocenters. The van der Waals surface area contributed by atoms with Gasteiger partial charge in [0.25, 0.3) is 5.78 Å². The van der Waals surface area contributed by atoms with Gasteiger partial charge in [-0.2, -0.15) is 14.6 Å². The Kier molecular flexibility index (Phi) is 5.40. The Balaban J connectivity index is 1.49.